The van der Waals surface area contributed by atoms with Gasteiger partial charge in [-0.3, -0.25) is 0 Å². The molecule has 0 saturated carbocycles. The molecule has 0 atom stereocenters. The quantitative estimate of drug-likeness (QED) is 0.413. The predicted octanol–water partition coefficient (Wildman–Crippen LogP) is 3.15. The highest BCUT2D eigenvalue weighted by atomic mass is 13.8. The monoisotopic (exact) mass is 136 g/mol. The van der Waals surface area contributed by atoms with Gasteiger partial charge in [-0.05, 0) is 18.9 Å². The fraction of sp³-hybridized carbons (Fsp3) is 0.600. The van der Waals surface area contributed by atoms with Crippen LogP contribution in [-0.4, -0.2) is 0 Å². The second kappa shape index (κ2) is 8.30. The van der Waals surface area contributed by atoms with Gasteiger partial charge in [-0.1, -0.05) is 38.2 Å². The van der Waals surface area contributed by atoms with Crippen LogP contribution in [0.5, 0.6) is 0 Å². The third-order valence-electron chi connectivity index (χ3n) is 1.19. The molecule has 0 nitrogen and oxygen atoms in total. The highest BCUT2D eigenvalue weighted by Gasteiger charge is 1.73. The van der Waals surface area contributed by atoms with Crippen LogP contribution in [0.15, 0.2) is 12.2 Å². The molecule has 0 unspecified atom stereocenters. The van der Waals surface area contributed by atoms with Crippen LogP contribution < -0.4 is 0 Å². The van der Waals surface area contributed by atoms with Gasteiger partial charge >= 0.3 is 0 Å². The van der Waals surface area contributed by atoms with Crippen LogP contribution in [0.1, 0.15) is 39.5 Å². The summed E-state index contributed by atoms with van der Waals surface area (Å²) in [6, 6.07) is 0. The van der Waals surface area contributed by atoms with Crippen molar-refractivity contribution < 1.29 is 0 Å². The molecule has 0 saturated heterocycles. The van der Waals surface area contributed by atoms with Crippen molar-refractivity contribution in [2.45, 2.75) is 39.5 Å². The minimum Gasteiger partial charge on any atom is -0.0985 e. The average molecular weight is 136 g/mol. The van der Waals surface area contributed by atoms with Crippen molar-refractivity contribution in [1.29, 1.82) is 0 Å². The number of allylic oxidation sites excluding steroid dienone is 2. The Balaban J connectivity index is 3.22. The molecule has 0 aliphatic carbocycles. The van der Waals surface area contributed by atoms with E-state index in [1.807, 2.05) is 6.08 Å². The molecule has 0 aliphatic rings. The molecule has 0 spiro atoms. The van der Waals surface area contributed by atoms with Gasteiger partial charge in [0.15, 0.2) is 0 Å². The Bertz CT molecular complexity index is 132. The molecule has 10 heavy (non-hydrogen) atoms. The molecule has 0 aliphatic heterocycles. The van der Waals surface area contributed by atoms with E-state index in [9.17, 15) is 0 Å². The summed E-state index contributed by atoms with van der Waals surface area (Å²) in [5.41, 5.74) is 0. The topological polar surface area (TPSA) is 0 Å². The van der Waals surface area contributed by atoms with E-state index in [1.165, 1.54) is 12.8 Å². The molecule has 0 aromatic carbocycles. The van der Waals surface area contributed by atoms with E-state index in [4.69, 9.17) is 0 Å². The van der Waals surface area contributed by atoms with Crippen molar-refractivity contribution in [3.63, 3.8) is 0 Å². The standard InChI is InChI=1S/C10H16/c1-3-5-7-9-10-8-6-4-2/h5,7H,3-4,6,8H2,1-2H3/b7-5-. The lowest BCUT2D eigenvalue weighted by molar-refractivity contribution is 0.828. The maximum absolute atomic E-state index is 3.08. The molecule has 0 aromatic rings. The SMILES string of the molecule is CC/C=C\C#CCCCC. The molecule has 0 heteroatoms. The third-order valence-corrected chi connectivity index (χ3v) is 1.19. The van der Waals surface area contributed by atoms with Gasteiger partial charge in [0, 0.05) is 6.42 Å². The first-order chi connectivity index (χ1) is 4.91. The van der Waals surface area contributed by atoms with Gasteiger partial charge in [0.25, 0.3) is 0 Å². The van der Waals surface area contributed by atoms with E-state index in [0.29, 0.717) is 0 Å². The molecule has 0 amide bonds. The average Bonchev–Trinajstić information content (AvgIpc) is 1.97. The van der Waals surface area contributed by atoms with E-state index in [1.54, 1.807) is 0 Å². The second-order valence-corrected chi connectivity index (χ2v) is 2.24. The summed E-state index contributed by atoms with van der Waals surface area (Å²) >= 11 is 0. The summed E-state index contributed by atoms with van der Waals surface area (Å²) in [6.07, 6.45) is 8.63. The van der Waals surface area contributed by atoms with E-state index < -0.39 is 0 Å². The van der Waals surface area contributed by atoms with Crippen LogP contribution in [0.2, 0.25) is 0 Å². The van der Waals surface area contributed by atoms with Crippen LogP contribution in [0.3, 0.4) is 0 Å². The van der Waals surface area contributed by atoms with Crippen LogP contribution in [0.4, 0.5) is 0 Å². The zero-order valence-electron chi connectivity index (χ0n) is 6.98. The van der Waals surface area contributed by atoms with Crippen LogP contribution in [0, 0.1) is 11.8 Å². The summed E-state index contributed by atoms with van der Waals surface area (Å²) in [6.45, 7) is 4.30. The maximum atomic E-state index is 3.08. The van der Waals surface area contributed by atoms with Gasteiger partial charge in [-0.2, -0.15) is 0 Å². The van der Waals surface area contributed by atoms with Gasteiger partial charge in [0.2, 0.25) is 0 Å². The Morgan fingerprint density at radius 1 is 1.30 bits per heavy atom. The van der Waals surface area contributed by atoms with Crippen molar-refractivity contribution in [2.24, 2.45) is 0 Å². The van der Waals surface area contributed by atoms with Gasteiger partial charge in [0.1, 0.15) is 0 Å². The summed E-state index contributed by atoms with van der Waals surface area (Å²) in [5, 5.41) is 0. The number of hydrogen-bond donors (Lipinski definition) is 0. The van der Waals surface area contributed by atoms with E-state index in [2.05, 4.69) is 31.8 Å². The molecular weight excluding hydrogens is 120 g/mol. The number of hydrogen-bond acceptors (Lipinski definition) is 0. The first-order valence-electron chi connectivity index (χ1n) is 4.05. The lowest BCUT2D eigenvalue weighted by Crippen LogP contribution is -1.65. The minimum atomic E-state index is 1.05. The first kappa shape index (κ1) is 9.30. The fourth-order valence-corrected chi connectivity index (χ4v) is 0.573. The van der Waals surface area contributed by atoms with Crippen molar-refractivity contribution in [3.05, 3.63) is 12.2 Å². The molecule has 0 bridgehead atoms. The molecule has 0 heterocycles. The van der Waals surface area contributed by atoms with Crippen LogP contribution >= 0.6 is 0 Å². The van der Waals surface area contributed by atoms with Crippen LogP contribution in [0.25, 0.3) is 0 Å². The second-order valence-electron chi connectivity index (χ2n) is 2.24. The minimum absolute atomic E-state index is 1.05. The van der Waals surface area contributed by atoms with Crippen molar-refractivity contribution in [1.82, 2.24) is 0 Å². The molecular formula is C10H16. The van der Waals surface area contributed by atoms with Crippen molar-refractivity contribution >= 4 is 0 Å². The lowest BCUT2D eigenvalue weighted by atomic mass is 10.2. The smallest absolute Gasteiger partial charge is 0.00921 e. The van der Waals surface area contributed by atoms with Gasteiger partial charge in [0.05, 0.1) is 0 Å². The van der Waals surface area contributed by atoms with Crippen molar-refractivity contribution in [2.75, 3.05) is 0 Å². The normalized spacial score (nSPS) is 9.40. The van der Waals surface area contributed by atoms with Gasteiger partial charge < -0.3 is 0 Å². The maximum Gasteiger partial charge on any atom is 0.00921 e. The van der Waals surface area contributed by atoms with Crippen molar-refractivity contribution in [3.8, 4) is 11.8 Å². The molecule has 0 fully saturated rings. The first-order valence-corrected chi connectivity index (χ1v) is 4.05. The molecule has 0 aromatic heterocycles. The highest BCUT2D eigenvalue weighted by Crippen LogP contribution is 1.90. The highest BCUT2D eigenvalue weighted by molar-refractivity contribution is 5.14. The number of unbranched alkanes of at least 4 members (excludes halogenated alkanes) is 2. The third kappa shape index (κ3) is 7.30. The van der Waals surface area contributed by atoms with E-state index in [-0.39, 0.29) is 0 Å². The Labute approximate surface area is 64.3 Å². The predicted molar refractivity (Wildman–Crippen MR) is 46.7 cm³/mol. The molecule has 0 radical (unpaired) electrons. The Hall–Kier alpha value is -0.700. The Morgan fingerprint density at radius 2 is 2.10 bits per heavy atom. The Morgan fingerprint density at radius 3 is 2.70 bits per heavy atom. The Kier molecular flexibility index (Phi) is 7.72. The van der Waals surface area contributed by atoms with E-state index in [0.717, 1.165) is 12.8 Å². The largest absolute Gasteiger partial charge is 0.0985 e. The molecule has 56 valence electrons. The summed E-state index contributed by atoms with van der Waals surface area (Å²) in [7, 11) is 0. The van der Waals surface area contributed by atoms with Gasteiger partial charge in [-0.15, -0.1) is 0 Å². The summed E-state index contributed by atoms with van der Waals surface area (Å²) in [5.74, 6) is 6.07. The molecule has 0 rings (SSSR count). The summed E-state index contributed by atoms with van der Waals surface area (Å²) < 4.78 is 0. The lowest BCUT2D eigenvalue weighted by Gasteiger charge is -1.81. The van der Waals surface area contributed by atoms with Gasteiger partial charge in [-0.25, -0.2) is 0 Å². The number of rotatable bonds is 3. The summed E-state index contributed by atoms with van der Waals surface area (Å²) in [4.78, 5) is 0. The fourth-order valence-electron chi connectivity index (χ4n) is 0.573. The molecule has 0 N–H and O–H groups in total. The van der Waals surface area contributed by atoms with Crippen LogP contribution in [-0.2, 0) is 0 Å². The van der Waals surface area contributed by atoms with E-state index >= 15 is 0 Å². The zero-order chi connectivity index (χ0) is 7.66. The zero-order valence-corrected chi connectivity index (χ0v) is 6.98.